The van der Waals surface area contributed by atoms with Crippen molar-refractivity contribution in [2.24, 2.45) is 0 Å². The predicted octanol–water partition coefficient (Wildman–Crippen LogP) is 4.02. The Labute approximate surface area is 106 Å². The average Bonchev–Trinajstić information content (AvgIpc) is 2.27. The molecule has 1 atom stereocenters. The van der Waals surface area contributed by atoms with Gasteiger partial charge in [-0.05, 0) is 28.4 Å². The Morgan fingerprint density at radius 2 is 2.27 bits per heavy atom. The molecule has 0 aliphatic carbocycles. The summed E-state index contributed by atoms with van der Waals surface area (Å²) >= 11 is 6.81. The van der Waals surface area contributed by atoms with E-state index in [-0.39, 0.29) is 6.10 Å². The lowest BCUT2D eigenvalue weighted by atomic mass is 10.2. The summed E-state index contributed by atoms with van der Waals surface area (Å²) < 4.78 is 6.51. The number of ether oxygens (including phenoxy) is 1. The maximum atomic E-state index is 8.84. The van der Waals surface area contributed by atoms with Crippen LogP contribution in [-0.4, -0.2) is 6.10 Å². The van der Waals surface area contributed by atoms with Crippen molar-refractivity contribution in [3.05, 3.63) is 28.2 Å². The Morgan fingerprint density at radius 3 is 2.80 bits per heavy atom. The molecule has 0 spiro atoms. The van der Waals surface area contributed by atoms with E-state index in [2.05, 4.69) is 37.9 Å². The molecule has 0 aliphatic rings. The predicted molar refractivity (Wildman–Crippen MR) is 67.1 cm³/mol. The third-order valence-corrected chi connectivity index (χ3v) is 3.20. The number of benzene rings is 1. The summed E-state index contributed by atoms with van der Waals surface area (Å²) in [6, 6.07) is 7.95. The molecule has 1 aromatic carbocycles. The van der Waals surface area contributed by atoms with E-state index >= 15 is 0 Å². The number of hydrogen-bond donors (Lipinski definition) is 0. The van der Waals surface area contributed by atoms with Gasteiger partial charge >= 0.3 is 0 Å². The van der Waals surface area contributed by atoms with Gasteiger partial charge in [-0.3, -0.25) is 0 Å². The SMILES string of the molecule is CCC(C#N)Oc1c(Br)cccc1CBr. The quantitative estimate of drug-likeness (QED) is 0.780. The van der Waals surface area contributed by atoms with Crippen LogP contribution in [0.2, 0.25) is 0 Å². The number of nitrogens with zero attached hydrogens (tertiary/aromatic N) is 1. The van der Waals surface area contributed by atoms with Gasteiger partial charge in [-0.25, -0.2) is 0 Å². The van der Waals surface area contributed by atoms with Crippen molar-refractivity contribution < 1.29 is 4.74 Å². The second-order valence-corrected chi connectivity index (χ2v) is 4.42. The number of nitriles is 1. The van der Waals surface area contributed by atoms with Crippen LogP contribution in [0.4, 0.5) is 0 Å². The highest BCUT2D eigenvalue weighted by Gasteiger charge is 2.12. The van der Waals surface area contributed by atoms with E-state index in [4.69, 9.17) is 10.00 Å². The maximum Gasteiger partial charge on any atom is 0.184 e. The number of alkyl halides is 1. The van der Waals surface area contributed by atoms with Gasteiger partial charge in [-0.1, -0.05) is 35.0 Å². The molecule has 15 heavy (non-hydrogen) atoms. The van der Waals surface area contributed by atoms with E-state index in [0.717, 1.165) is 15.8 Å². The summed E-state index contributed by atoms with van der Waals surface area (Å²) in [5, 5.41) is 9.55. The van der Waals surface area contributed by atoms with E-state index in [1.165, 1.54) is 0 Å². The zero-order valence-electron chi connectivity index (χ0n) is 8.34. The van der Waals surface area contributed by atoms with Crippen molar-refractivity contribution >= 4 is 31.9 Å². The van der Waals surface area contributed by atoms with Gasteiger partial charge in [0.15, 0.2) is 6.10 Å². The highest BCUT2D eigenvalue weighted by molar-refractivity contribution is 9.10. The molecule has 0 fully saturated rings. The van der Waals surface area contributed by atoms with Crippen LogP contribution in [0.25, 0.3) is 0 Å². The van der Waals surface area contributed by atoms with Crippen LogP contribution in [0.15, 0.2) is 22.7 Å². The van der Waals surface area contributed by atoms with Gasteiger partial charge in [-0.15, -0.1) is 0 Å². The first-order chi connectivity index (χ1) is 7.22. The molecule has 0 bridgehead atoms. The van der Waals surface area contributed by atoms with Gasteiger partial charge in [0.25, 0.3) is 0 Å². The van der Waals surface area contributed by atoms with E-state index in [1.807, 2.05) is 25.1 Å². The number of rotatable bonds is 4. The Morgan fingerprint density at radius 1 is 1.53 bits per heavy atom. The van der Waals surface area contributed by atoms with Crippen molar-refractivity contribution in [1.29, 1.82) is 5.26 Å². The molecule has 0 N–H and O–H groups in total. The smallest absolute Gasteiger partial charge is 0.184 e. The molecule has 1 aromatic rings. The molecule has 0 aliphatic heterocycles. The van der Waals surface area contributed by atoms with Gasteiger partial charge in [-0.2, -0.15) is 5.26 Å². The first-order valence-corrected chi connectivity index (χ1v) is 6.54. The molecule has 0 radical (unpaired) electrons. The molecule has 1 rings (SSSR count). The van der Waals surface area contributed by atoms with E-state index < -0.39 is 0 Å². The Balaban J connectivity index is 2.97. The minimum absolute atomic E-state index is 0.387. The van der Waals surface area contributed by atoms with Crippen LogP contribution in [-0.2, 0) is 5.33 Å². The third kappa shape index (κ3) is 3.22. The van der Waals surface area contributed by atoms with Gasteiger partial charge in [0.2, 0.25) is 0 Å². The molecule has 1 unspecified atom stereocenters. The topological polar surface area (TPSA) is 33.0 Å². The molecule has 0 saturated carbocycles. The van der Waals surface area contributed by atoms with Crippen molar-refractivity contribution in [2.45, 2.75) is 24.8 Å². The largest absolute Gasteiger partial charge is 0.474 e. The molecule has 80 valence electrons. The molecule has 0 amide bonds. The number of halogens is 2. The standard InChI is InChI=1S/C11H11Br2NO/c1-2-9(7-14)15-11-8(6-12)4-3-5-10(11)13/h3-5,9H,2,6H2,1H3. The van der Waals surface area contributed by atoms with Crippen molar-refractivity contribution in [3.63, 3.8) is 0 Å². The van der Waals surface area contributed by atoms with Crippen LogP contribution in [0.1, 0.15) is 18.9 Å². The molecule has 0 heterocycles. The van der Waals surface area contributed by atoms with Crippen LogP contribution in [0.3, 0.4) is 0 Å². The fourth-order valence-electron chi connectivity index (χ4n) is 1.13. The summed E-state index contributed by atoms with van der Waals surface area (Å²) in [5.41, 5.74) is 1.04. The van der Waals surface area contributed by atoms with Crippen LogP contribution in [0.5, 0.6) is 5.75 Å². The van der Waals surface area contributed by atoms with Crippen LogP contribution < -0.4 is 4.74 Å². The van der Waals surface area contributed by atoms with Crippen LogP contribution >= 0.6 is 31.9 Å². The third-order valence-electron chi connectivity index (χ3n) is 1.97. The lowest BCUT2D eigenvalue weighted by molar-refractivity contribution is 0.248. The van der Waals surface area contributed by atoms with Crippen molar-refractivity contribution in [2.75, 3.05) is 0 Å². The minimum Gasteiger partial charge on any atom is -0.474 e. The van der Waals surface area contributed by atoms with Gasteiger partial charge in [0, 0.05) is 10.9 Å². The van der Waals surface area contributed by atoms with E-state index in [1.54, 1.807) is 0 Å². The molecule has 2 nitrogen and oxygen atoms in total. The molecular formula is C11H11Br2NO. The summed E-state index contributed by atoms with van der Waals surface area (Å²) in [4.78, 5) is 0. The van der Waals surface area contributed by atoms with Crippen LogP contribution in [0, 0.1) is 11.3 Å². The fourth-order valence-corrected chi connectivity index (χ4v) is 2.08. The number of para-hydroxylation sites is 1. The second-order valence-electron chi connectivity index (χ2n) is 3.01. The average molecular weight is 333 g/mol. The maximum absolute atomic E-state index is 8.84. The van der Waals surface area contributed by atoms with Gasteiger partial charge in [0.1, 0.15) is 11.8 Å². The summed E-state index contributed by atoms with van der Waals surface area (Å²) in [5.74, 6) is 0.753. The van der Waals surface area contributed by atoms with E-state index in [9.17, 15) is 0 Å². The number of hydrogen-bond acceptors (Lipinski definition) is 2. The summed E-state index contributed by atoms with van der Waals surface area (Å²) in [6.45, 7) is 1.93. The van der Waals surface area contributed by atoms with Crippen molar-refractivity contribution in [1.82, 2.24) is 0 Å². The molecular weight excluding hydrogens is 322 g/mol. The Hall–Kier alpha value is -0.530. The second kappa shape index (κ2) is 6.14. The molecule has 0 saturated heterocycles. The summed E-state index contributed by atoms with van der Waals surface area (Å²) in [6.07, 6.45) is 0.293. The Bertz CT molecular complexity index is 373. The Kier molecular flexibility index (Phi) is 5.13. The normalized spacial score (nSPS) is 11.9. The lowest BCUT2D eigenvalue weighted by Gasteiger charge is -2.14. The zero-order valence-corrected chi connectivity index (χ0v) is 11.5. The lowest BCUT2D eigenvalue weighted by Crippen LogP contribution is -2.13. The fraction of sp³-hybridized carbons (Fsp3) is 0.364. The first-order valence-electron chi connectivity index (χ1n) is 4.62. The van der Waals surface area contributed by atoms with E-state index in [0.29, 0.717) is 11.8 Å². The minimum atomic E-state index is -0.387. The molecule has 4 heteroatoms. The summed E-state index contributed by atoms with van der Waals surface area (Å²) in [7, 11) is 0. The monoisotopic (exact) mass is 331 g/mol. The highest BCUT2D eigenvalue weighted by Crippen LogP contribution is 2.31. The zero-order chi connectivity index (χ0) is 11.3. The van der Waals surface area contributed by atoms with Crippen molar-refractivity contribution in [3.8, 4) is 11.8 Å². The highest BCUT2D eigenvalue weighted by atomic mass is 79.9. The van der Waals surface area contributed by atoms with Gasteiger partial charge < -0.3 is 4.74 Å². The molecule has 0 aromatic heterocycles. The van der Waals surface area contributed by atoms with Gasteiger partial charge in [0.05, 0.1) is 4.47 Å². The first kappa shape index (κ1) is 12.5.